The van der Waals surface area contributed by atoms with E-state index >= 15 is 0 Å². The number of anilines is 1. The van der Waals surface area contributed by atoms with E-state index in [2.05, 4.69) is 10.3 Å². The highest BCUT2D eigenvalue weighted by Gasteiger charge is 2.30. The van der Waals surface area contributed by atoms with Gasteiger partial charge >= 0.3 is 0 Å². The first kappa shape index (κ1) is 18.3. The average Bonchev–Trinajstić information content (AvgIpc) is 3.38. The molecule has 2 aromatic heterocycles. The van der Waals surface area contributed by atoms with Crippen LogP contribution in [-0.2, 0) is 4.79 Å². The Hall–Kier alpha value is -2.08. The second kappa shape index (κ2) is 6.82. The largest absolute Gasteiger partial charge is 0.310 e. The van der Waals surface area contributed by atoms with E-state index in [0.717, 1.165) is 18.4 Å². The highest BCUT2D eigenvalue weighted by Crippen LogP contribution is 2.35. The lowest BCUT2D eigenvalue weighted by atomic mass is 10.1. The molecule has 1 fully saturated rings. The lowest BCUT2D eigenvalue weighted by Gasteiger charge is -2.10. The minimum atomic E-state index is -0.410. The summed E-state index contributed by atoms with van der Waals surface area (Å²) in [6.45, 7) is 1.84. The van der Waals surface area contributed by atoms with E-state index in [0.29, 0.717) is 21.7 Å². The van der Waals surface area contributed by atoms with Crippen LogP contribution in [-0.4, -0.2) is 21.4 Å². The van der Waals surface area contributed by atoms with Crippen LogP contribution < -0.4 is 5.32 Å². The number of amides is 1. The molecule has 1 amide bonds. The molecule has 1 saturated carbocycles. The van der Waals surface area contributed by atoms with Crippen molar-refractivity contribution in [3.8, 4) is 0 Å². The van der Waals surface area contributed by atoms with Gasteiger partial charge in [0, 0.05) is 18.3 Å². The predicted molar refractivity (Wildman–Crippen MR) is 107 cm³/mol. The van der Waals surface area contributed by atoms with Gasteiger partial charge in [0.15, 0.2) is 0 Å². The van der Waals surface area contributed by atoms with E-state index in [1.54, 1.807) is 18.2 Å². The van der Waals surface area contributed by atoms with Crippen LogP contribution in [0.1, 0.15) is 28.8 Å². The molecule has 0 aliphatic heterocycles. The van der Waals surface area contributed by atoms with Gasteiger partial charge in [-0.1, -0.05) is 34.8 Å². The zero-order valence-corrected chi connectivity index (χ0v) is 16.5. The third-order valence-corrected chi connectivity index (χ3v) is 5.36. The molecule has 4 rings (SSSR count). The Balaban J connectivity index is 1.81. The maximum absolute atomic E-state index is 13.1. The normalized spacial score (nSPS) is 13.8. The van der Waals surface area contributed by atoms with E-state index in [1.807, 2.05) is 6.92 Å². The minimum Gasteiger partial charge on any atom is -0.310 e. The monoisotopic (exact) mass is 421 g/mol. The fourth-order valence-electron chi connectivity index (χ4n) is 2.99. The number of halogens is 3. The fraction of sp³-hybridized carbons (Fsp3) is 0.211. The van der Waals surface area contributed by atoms with Crippen molar-refractivity contribution >= 4 is 63.3 Å². The van der Waals surface area contributed by atoms with Crippen molar-refractivity contribution in [3.63, 3.8) is 0 Å². The number of pyridine rings is 1. The maximum atomic E-state index is 13.1. The summed E-state index contributed by atoms with van der Waals surface area (Å²) in [5.41, 5.74) is 1.56. The van der Waals surface area contributed by atoms with Crippen LogP contribution in [0.4, 0.5) is 5.82 Å². The van der Waals surface area contributed by atoms with Crippen LogP contribution in [0.25, 0.3) is 10.9 Å². The zero-order chi connectivity index (χ0) is 19.3. The molecule has 3 aromatic rings. The van der Waals surface area contributed by atoms with Gasteiger partial charge in [-0.3, -0.25) is 14.2 Å². The molecule has 0 unspecified atom stereocenters. The highest BCUT2D eigenvalue weighted by molar-refractivity contribution is 6.41. The van der Waals surface area contributed by atoms with Gasteiger partial charge in [-0.25, -0.2) is 4.98 Å². The number of carbonyl (C=O) groups excluding carboxylic acids is 2. The lowest BCUT2D eigenvalue weighted by Crippen LogP contribution is -2.15. The molecule has 0 spiro atoms. The third-order valence-electron chi connectivity index (χ3n) is 4.48. The van der Waals surface area contributed by atoms with Crippen molar-refractivity contribution in [2.45, 2.75) is 19.8 Å². The van der Waals surface area contributed by atoms with Crippen LogP contribution in [0.15, 0.2) is 30.6 Å². The number of nitrogens with zero attached hydrogens (tertiary/aromatic N) is 2. The number of nitrogens with one attached hydrogen (secondary N) is 1. The molecule has 27 heavy (non-hydrogen) atoms. The van der Waals surface area contributed by atoms with Gasteiger partial charge in [-0.15, -0.1) is 0 Å². The van der Waals surface area contributed by atoms with Crippen LogP contribution in [0.3, 0.4) is 0 Å². The van der Waals surface area contributed by atoms with Crippen molar-refractivity contribution in [1.82, 2.24) is 9.55 Å². The minimum absolute atomic E-state index is 0.0229. The number of aromatic nitrogens is 2. The quantitative estimate of drug-likeness (QED) is 0.619. The molecule has 8 heteroatoms. The molecular formula is C19H14Cl3N3O2. The van der Waals surface area contributed by atoms with Gasteiger partial charge in [0.2, 0.25) is 5.91 Å². The first-order valence-electron chi connectivity index (χ1n) is 8.33. The van der Waals surface area contributed by atoms with Crippen LogP contribution in [0.5, 0.6) is 0 Å². The number of rotatable bonds is 3. The van der Waals surface area contributed by atoms with Gasteiger partial charge in [-0.05, 0) is 43.5 Å². The first-order valence-corrected chi connectivity index (χ1v) is 9.47. The summed E-state index contributed by atoms with van der Waals surface area (Å²) in [6.07, 6.45) is 4.75. The van der Waals surface area contributed by atoms with Gasteiger partial charge in [0.25, 0.3) is 5.91 Å². The Morgan fingerprint density at radius 2 is 1.81 bits per heavy atom. The smallest absolute Gasteiger partial charge is 0.265 e. The number of hydrogen-bond acceptors (Lipinski definition) is 3. The average molecular weight is 423 g/mol. The fourth-order valence-corrected chi connectivity index (χ4v) is 4.03. The van der Waals surface area contributed by atoms with Crippen molar-refractivity contribution in [2.24, 2.45) is 5.92 Å². The van der Waals surface area contributed by atoms with E-state index in [9.17, 15) is 9.59 Å². The maximum Gasteiger partial charge on any atom is 0.265 e. The number of aryl methyl sites for hydroxylation is 1. The molecule has 0 bridgehead atoms. The van der Waals surface area contributed by atoms with Crippen molar-refractivity contribution in [1.29, 1.82) is 0 Å². The van der Waals surface area contributed by atoms with E-state index in [-0.39, 0.29) is 27.4 Å². The van der Waals surface area contributed by atoms with Crippen LogP contribution in [0, 0.1) is 12.8 Å². The van der Waals surface area contributed by atoms with Gasteiger partial charge in [0.1, 0.15) is 5.82 Å². The highest BCUT2D eigenvalue weighted by atomic mass is 35.5. The number of fused-ring (bicyclic) bond motifs is 1. The Labute approximate surface area is 170 Å². The van der Waals surface area contributed by atoms with Gasteiger partial charge in [0.05, 0.1) is 31.5 Å². The SMILES string of the molecule is Cc1cc(Cl)c(C(=O)n2cc(Cl)c3c(NC(=O)C4CC4)nccc32)c(Cl)c1. The third kappa shape index (κ3) is 3.31. The molecule has 1 aromatic carbocycles. The van der Waals surface area contributed by atoms with Gasteiger partial charge in [-0.2, -0.15) is 0 Å². The molecule has 5 nitrogen and oxygen atoms in total. The second-order valence-corrected chi connectivity index (χ2v) is 7.79. The molecule has 0 atom stereocenters. The molecule has 1 aliphatic rings. The molecule has 138 valence electrons. The molecular weight excluding hydrogens is 409 g/mol. The standard InChI is InChI=1S/C19H14Cl3N3O2/c1-9-6-11(20)15(12(21)7-9)19(27)25-8-13(22)16-14(25)4-5-23-17(16)24-18(26)10-2-3-10/h4-8,10H,2-3H2,1H3,(H,23,24,26). The predicted octanol–water partition coefficient (Wildman–Crippen LogP) is 5.34. The Kier molecular flexibility index (Phi) is 4.62. The molecule has 2 heterocycles. The van der Waals surface area contributed by atoms with Crippen molar-refractivity contribution < 1.29 is 9.59 Å². The van der Waals surface area contributed by atoms with E-state index in [4.69, 9.17) is 34.8 Å². The number of hydrogen-bond donors (Lipinski definition) is 1. The lowest BCUT2D eigenvalue weighted by molar-refractivity contribution is -0.117. The van der Waals surface area contributed by atoms with Gasteiger partial charge < -0.3 is 5.32 Å². The number of carbonyl (C=O) groups is 2. The number of benzene rings is 1. The summed E-state index contributed by atoms with van der Waals surface area (Å²) in [6, 6.07) is 5.01. The molecule has 1 aliphatic carbocycles. The molecule has 1 N–H and O–H groups in total. The summed E-state index contributed by atoms with van der Waals surface area (Å²) in [5, 5.41) is 4.13. The summed E-state index contributed by atoms with van der Waals surface area (Å²) >= 11 is 18.9. The van der Waals surface area contributed by atoms with E-state index in [1.165, 1.54) is 17.0 Å². The summed E-state index contributed by atoms with van der Waals surface area (Å²) in [5.74, 6) is -0.140. The molecule has 0 saturated heterocycles. The van der Waals surface area contributed by atoms with Crippen molar-refractivity contribution in [3.05, 3.63) is 56.8 Å². The Morgan fingerprint density at radius 3 is 2.44 bits per heavy atom. The zero-order valence-electron chi connectivity index (χ0n) is 14.2. The Morgan fingerprint density at radius 1 is 1.15 bits per heavy atom. The topological polar surface area (TPSA) is 64.0 Å². The van der Waals surface area contributed by atoms with Crippen molar-refractivity contribution in [2.75, 3.05) is 5.32 Å². The van der Waals surface area contributed by atoms with Crippen LogP contribution in [0.2, 0.25) is 15.1 Å². The first-order chi connectivity index (χ1) is 12.9. The van der Waals surface area contributed by atoms with E-state index < -0.39 is 5.91 Å². The summed E-state index contributed by atoms with van der Waals surface area (Å²) < 4.78 is 1.37. The van der Waals surface area contributed by atoms with Crippen LogP contribution >= 0.6 is 34.8 Å². The summed E-state index contributed by atoms with van der Waals surface area (Å²) in [7, 11) is 0. The molecule has 0 radical (unpaired) electrons. The summed E-state index contributed by atoms with van der Waals surface area (Å²) in [4.78, 5) is 29.4. The Bertz CT molecular complexity index is 1080. The second-order valence-electron chi connectivity index (χ2n) is 6.57.